The molecule has 18 heavy (non-hydrogen) atoms. The third-order valence-electron chi connectivity index (χ3n) is 2.21. The average molecular weight is 247 g/mol. The second-order valence-corrected chi connectivity index (χ2v) is 5.17. The lowest BCUT2D eigenvalue weighted by Crippen LogP contribution is -2.32. The normalized spacial score (nSPS) is 10.8. The fourth-order valence-corrected chi connectivity index (χ4v) is 1.52. The van der Waals surface area contributed by atoms with Crippen molar-refractivity contribution in [1.29, 1.82) is 0 Å². The minimum absolute atomic E-state index is 0.392. The molecular formula is C15H21NO2. The van der Waals surface area contributed by atoms with E-state index in [1.807, 2.05) is 45.0 Å². The number of ether oxygens (including phenoxy) is 1. The largest absolute Gasteiger partial charge is 0.444 e. The zero-order chi connectivity index (χ0) is 13.6. The lowest BCUT2D eigenvalue weighted by atomic mass is 10.1. The minimum atomic E-state index is -0.464. The van der Waals surface area contributed by atoms with Crippen LogP contribution in [0.3, 0.4) is 0 Å². The van der Waals surface area contributed by atoms with Gasteiger partial charge in [0, 0.05) is 6.54 Å². The summed E-state index contributed by atoms with van der Waals surface area (Å²) in [4.78, 5) is 11.5. The summed E-state index contributed by atoms with van der Waals surface area (Å²) in [6.45, 7) is 9.72. The molecule has 0 aliphatic carbocycles. The van der Waals surface area contributed by atoms with E-state index in [9.17, 15) is 4.79 Å². The van der Waals surface area contributed by atoms with E-state index in [-0.39, 0.29) is 0 Å². The van der Waals surface area contributed by atoms with Crippen LogP contribution in [0.1, 0.15) is 31.9 Å². The number of carbonyl (C=O) groups is 1. The zero-order valence-corrected chi connectivity index (χ0v) is 11.3. The molecule has 1 aromatic rings. The van der Waals surface area contributed by atoms with Gasteiger partial charge < -0.3 is 10.1 Å². The Morgan fingerprint density at radius 2 is 2.06 bits per heavy atom. The fourth-order valence-electron chi connectivity index (χ4n) is 1.52. The first-order valence-electron chi connectivity index (χ1n) is 6.06. The van der Waals surface area contributed by atoms with Crippen molar-refractivity contribution in [2.75, 3.05) is 0 Å². The summed E-state index contributed by atoms with van der Waals surface area (Å²) in [7, 11) is 0. The second kappa shape index (κ2) is 6.24. The number of benzene rings is 1. The summed E-state index contributed by atoms with van der Waals surface area (Å²) < 4.78 is 5.17. The summed E-state index contributed by atoms with van der Waals surface area (Å²) in [6, 6.07) is 8.05. The first-order valence-corrected chi connectivity index (χ1v) is 6.06. The maximum atomic E-state index is 11.5. The maximum absolute atomic E-state index is 11.5. The highest BCUT2D eigenvalue weighted by Gasteiger charge is 2.15. The summed E-state index contributed by atoms with van der Waals surface area (Å²) in [5.41, 5.74) is 1.78. The Hall–Kier alpha value is -1.77. The van der Waals surface area contributed by atoms with E-state index in [0.29, 0.717) is 6.54 Å². The van der Waals surface area contributed by atoms with Gasteiger partial charge in [0.05, 0.1) is 0 Å². The van der Waals surface area contributed by atoms with E-state index in [1.54, 1.807) is 0 Å². The maximum Gasteiger partial charge on any atom is 0.407 e. The minimum Gasteiger partial charge on any atom is -0.444 e. The molecule has 0 spiro atoms. The number of allylic oxidation sites excluding steroid dienone is 1. The van der Waals surface area contributed by atoms with E-state index in [0.717, 1.165) is 12.0 Å². The lowest BCUT2D eigenvalue weighted by Gasteiger charge is -2.19. The van der Waals surface area contributed by atoms with Crippen LogP contribution in [0.15, 0.2) is 36.9 Å². The van der Waals surface area contributed by atoms with Gasteiger partial charge in [-0.2, -0.15) is 0 Å². The molecule has 0 atom stereocenters. The van der Waals surface area contributed by atoms with Gasteiger partial charge in [0.15, 0.2) is 0 Å². The van der Waals surface area contributed by atoms with Crippen molar-refractivity contribution in [3.05, 3.63) is 48.0 Å². The van der Waals surface area contributed by atoms with Crippen LogP contribution in [0, 0.1) is 0 Å². The molecule has 1 amide bonds. The van der Waals surface area contributed by atoms with Crippen LogP contribution >= 0.6 is 0 Å². The van der Waals surface area contributed by atoms with Gasteiger partial charge in [0.2, 0.25) is 0 Å². The quantitative estimate of drug-likeness (QED) is 0.828. The smallest absolute Gasteiger partial charge is 0.407 e. The second-order valence-electron chi connectivity index (χ2n) is 5.17. The van der Waals surface area contributed by atoms with E-state index in [4.69, 9.17) is 4.74 Å². The Bertz CT molecular complexity index is 419. The van der Waals surface area contributed by atoms with Gasteiger partial charge in [0.1, 0.15) is 5.60 Å². The lowest BCUT2D eigenvalue weighted by molar-refractivity contribution is 0.0523. The van der Waals surface area contributed by atoms with Gasteiger partial charge in [-0.15, -0.1) is 6.58 Å². The molecule has 0 bridgehead atoms. The molecule has 1 rings (SSSR count). The molecule has 0 aliphatic rings. The van der Waals surface area contributed by atoms with Gasteiger partial charge in [0.25, 0.3) is 0 Å². The number of nitrogens with one attached hydrogen (secondary N) is 1. The van der Waals surface area contributed by atoms with Crippen molar-refractivity contribution < 1.29 is 9.53 Å². The molecule has 0 fully saturated rings. The predicted molar refractivity (Wildman–Crippen MR) is 73.4 cm³/mol. The van der Waals surface area contributed by atoms with Crippen LogP contribution in [0.2, 0.25) is 0 Å². The first-order chi connectivity index (χ1) is 8.40. The molecule has 0 saturated heterocycles. The van der Waals surface area contributed by atoms with Crippen LogP contribution in [-0.2, 0) is 17.7 Å². The molecule has 0 radical (unpaired) electrons. The highest BCUT2D eigenvalue weighted by atomic mass is 16.6. The SMILES string of the molecule is C=CCc1cccc(CNC(=O)OC(C)(C)C)c1. The monoisotopic (exact) mass is 247 g/mol. The van der Waals surface area contributed by atoms with Crippen LogP contribution in [0.25, 0.3) is 0 Å². The van der Waals surface area contributed by atoms with E-state index >= 15 is 0 Å². The molecule has 0 saturated carbocycles. The third kappa shape index (κ3) is 5.53. The van der Waals surface area contributed by atoms with Crippen molar-refractivity contribution in [3.8, 4) is 0 Å². The fraction of sp³-hybridized carbons (Fsp3) is 0.400. The van der Waals surface area contributed by atoms with Crippen LogP contribution in [0.5, 0.6) is 0 Å². The summed E-state index contributed by atoms with van der Waals surface area (Å²) in [6.07, 6.45) is 2.30. The van der Waals surface area contributed by atoms with Gasteiger partial charge >= 0.3 is 6.09 Å². The molecular weight excluding hydrogens is 226 g/mol. The van der Waals surface area contributed by atoms with Crippen molar-refractivity contribution >= 4 is 6.09 Å². The summed E-state index contributed by atoms with van der Waals surface area (Å²) in [5.74, 6) is 0. The van der Waals surface area contributed by atoms with Gasteiger partial charge in [-0.25, -0.2) is 4.79 Å². The Kier molecular flexibility index (Phi) is 4.95. The number of amides is 1. The molecule has 0 unspecified atom stereocenters. The number of hydrogen-bond donors (Lipinski definition) is 1. The molecule has 0 heterocycles. The molecule has 3 heteroatoms. The Morgan fingerprint density at radius 1 is 1.39 bits per heavy atom. The standard InChI is InChI=1S/C15H21NO2/c1-5-7-12-8-6-9-13(10-12)11-16-14(17)18-15(2,3)4/h5-6,8-10H,1,7,11H2,2-4H3,(H,16,17). The van der Waals surface area contributed by atoms with Crippen molar-refractivity contribution in [3.63, 3.8) is 0 Å². The Morgan fingerprint density at radius 3 is 2.67 bits per heavy atom. The topological polar surface area (TPSA) is 38.3 Å². The van der Waals surface area contributed by atoms with E-state index in [2.05, 4.69) is 18.0 Å². The van der Waals surface area contributed by atoms with E-state index < -0.39 is 11.7 Å². The predicted octanol–water partition coefficient (Wildman–Crippen LogP) is 3.44. The average Bonchev–Trinajstić information content (AvgIpc) is 2.25. The molecule has 1 aromatic carbocycles. The van der Waals surface area contributed by atoms with Crippen LogP contribution in [0.4, 0.5) is 4.79 Å². The van der Waals surface area contributed by atoms with E-state index in [1.165, 1.54) is 5.56 Å². The van der Waals surface area contributed by atoms with Crippen molar-refractivity contribution in [2.24, 2.45) is 0 Å². The third-order valence-corrected chi connectivity index (χ3v) is 2.21. The summed E-state index contributed by atoms with van der Waals surface area (Å²) >= 11 is 0. The highest BCUT2D eigenvalue weighted by Crippen LogP contribution is 2.08. The van der Waals surface area contributed by atoms with Gasteiger partial charge in [-0.3, -0.25) is 0 Å². The highest BCUT2D eigenvalue weighted by molar-refractivity contribution is 5.67. The summed E-state index contributed by atoms with van der Waals surface area (Å²) in [5, 5.41) is 2.74. The first kappa shape index (κ1) is 14.3. The van der Waals surface area contributed by atoms with Crippen molar-refractivity contribution in [1.82, 2.24) is 5.32 Å². The van der Waals surface area contributed by atoms with Gasteiger partial charge in [-0.1, -0.05) is 30.3 Å². The Labute approximate surface area is 109 Å². The van der Waals surface area contributed by atoms with Crippen molar-refractivity contribution in [2.45, 2.75) is 39.3 Å². The molecule has 1 N–H and O–H groups in total. The molecule has 3 nitrogen and oxygen atoms in total. The van der Waals surface area contributed by atoms with Crippen LogP contribution in [-0.4, -0.2) is 11.7 Å². The van der Waals surface area contributed by atoms with Gasteiger partial charge in [-0.05, 0) is 38.3 Å². The molecule has 0 aromatic heterocycles. The number of carbonyl (C=O) groups excluding carboxylic acids is 1. The Balaban J connectivity index is 2.50. The number of hydrogen-bond acceptors (Lipinski definition) is 2. The van der Waals surface area contributed by atoms with Crippen LogP contribution < -0.4 is 5.32 Å². The molecule has 0 aliphatic heterocycles. The number of alkyl carbamates (subject to hydrolysis) is 1. The molecule has 98 valence electrons. The number of rotatable bonds is 4. The zero-order valence-electron chi connectivity index (χ0n) is 11.3.